The van der Waals surface area contributed by atoms with Gasteiger partial charge in [-0.15, -0.1) is 0 Å². The second-order valence-electron chi connectivity index (χ2n) is 4.47. The zero-order valence-electron chi connectivity index (χ0n) is 12.7. The molecule has 1 aromatic carbocycles. The van der Waals surface area contributed by atoms with E-state index in [1.165, 1.54) is 0 Å². The summed E-state index contributed by atoms with van der Waals surface area (Å²) in [5.41, 5.74) is 6.52. The topological polar surface area (TPSA) is 82.8 Å². The molecule has 1 amide bonds. The summed E-state index contributed by atoms with van der Waals surface area (Å²) in [5.74, 6) is 1.02. The number of nitrogens with two attached hydrogens (primary N) is 1. The molecule has 1 aromatic rings. The molecule has 0 aliphatic heterocycles. The lowest BCUT2D eigenvalue weighted by atomic mass is 10.1. The van der Waals surface area contributed by atoms with Crippen LogP contribution in [0.1, 0.15) is 12.0 Å². The van der Waals surface area contributed by atoms with Crippen molar-refractivity contribution in [3.63, 3.8) is 0 Å². The van der Waals surface area contributed by atoms with Crippen molar-refractivity contribution >= 4 is 5.91 Å². The van der Waals surface area contributed by atoms with E-state index in [4.69, 9.17) is 19.9 Å². The van der Waals surface area contributed by atoms with Crippen molar-refractivity contribution < 1.29 is 19.0 Å². The van der Waals surface area contributed by atoms with E-state index in [1.807, 2.05) is 12.1 Å². The first kappa shape index (κ1) is 17.3. The van der Waals surface area contributed by atoms with E-state index in [0.717, 1.165) is 12.0 Å². The molecule has 0 aliphatic carbocycles. The molecule has 6 nitrogen and oxygen atoms in total. The fourth-order valence-corrected chi connectivity index (χ4v) is 1.87. The van der Waals surface area contributed by atoms with Crippen molar-refractivity contribution in [2.24, 2.45) is 5.73 Å². The van der Waals surface area contributed by atoms with Gasteiger partial charge in [-0.05, 0) is 31.0 Å². The Bertz CT molecular complexity index is 438. The first-order valence-corrected chi connectivity index (χ1v) is 6.97. The Kier molecular flexibility index (Phi) is 8.23. The van der Waals surface area contributed by atoms with Crippen LogP contribution in [0.15, 0.2) is 18.2 Å². The summed E-state index contributed by atoms with van der Waals surface area (Å²) in [6.07, 6.45) is 1.44. The summed E-state index contributed by atoms with van der Waals surface area (Å²) in [6, 6.07) is 5.59. The fourth-order valence-electron chi connectivity index (χ4n) is 1.87. The lowest BCUT2D eigenvalue weighted by Gasteiger charge is -2.14. The number of carbonyl (C=O) groups is 1. The second-order valence-corrected chi connectivity index (χ2v) is 4.47. The molecular formula is C15H24N2O4. The zero-order chi connectivity index (χ0) is 15.5. The molecule has 0 aliphatic rings. The highest BCUT2D eigenvalue weighted by Crippen LogP contribution is 2.31. The van der Waals surface area contributed by atoms with Crippen molar-refractivity contribution in [1.29, 1.82) is 0 Å². The van der Waals surface area contributed by atoms with Crippen LogP contribution in [0.2, 0.25) is 0 Å². The molecule has 1 rings (SSSR count). The average molecular weight is 296 g/mol. The number of ether oxygens (including phenoxy) is 3. The van der Waals surface area contributed by atoms with Gasteiger partial charge in [0, 0.05) is 20.3 Å². The first-order chi connectivity index (χ1) is 10.2. The van der Waals surface area contributed by atoms with Crippen molar-refractivity contribution in [3.05, 3.63) is 23.8 Å². The monoisotopic (exact) mass is 296 g/mol. The van der Waals surface area contributed by atoms with Crippen LogP contribution in [0.25, 0.3) is 0 Å². The van der Waals surface area contributed by atoms with Crippen LogP contribution >= 0.6 is 0 Å². The number of nitrogens with one attached hydrogen (secondary N) is 1. The third-order valence-corrected chi connectivity index (χ3v) is 2.89. The number of amides is 1. The highest BCUT2D eigenvalue weighted by Gasteiger charge is 2.12. The lowest BCUT2D eigenvalue weighted by Crippen LogP contribution is -2.30. The molecule has 0 saturated heterocycles. The van der Waals surface area contributed by atoms with Crippen LogP contribution in [0.3, 0.4) is 0 Å². The quantitative estimate of drug-likeness (QED) is 0.622. The number of carbonyl (C=O) groups excluding carboxylic acids is 1. The Morgan fingerprint density at radius 3 is 2.81 bits per heavy atom. The van der Waals surface area contributed by atoms with Gasteiger partial charge in [-0.3, -0.25) is 4.79 Å². The fraction of sp³-hybridized carbons (Fsp3) is 0.533. The molecule has 0 atom stereocenters. The Hall–Kier alpha value is -1.79. The minimum atomic E-state index is -0.171. The molecule has 0 bridgehead atoms. The van der Waals surface area contributed by atoms with Gasteiger partial charge in [0.05, 0.1) is 7.11 Å². The molecule has 0 fully saturated rings. The molecule has 0 saturated carbocycles. The van der Waals surface area contributed by atoms with E-state index < -0.39 is 0 Å². The molecular weight excluding hydrogens is 272 g/mol. The number of para-hydroxylation sites is 1. The molecule has 0 heterocycles. The normalized spacial score (nSPS) is 10.2. The van der Waals surface area contributed by atoms with Gasteiger partial charge in [0.2, 0.25) is 0 Å². The highest BCUT2D eigenvalue weighted by molar-refractivity contribution is 5.77. The van der Waals surface area contributed by atoms with E-state index >= 15 is 0 Å². The van der Waals surface area contributed by atoms with E-state index in [1.54, 1.807) is 20.3 Å². The summed E-state index contributed by atoms with van der Waals surface area (Å²) in [7, 11) is 3.20. The Balaban J connectivity index is 2.55. The molecule has 0 unspecified atom stereocenters. The van der Waals surface area contributed by atoms with Gasteiger partial charge < -0.3 is 25.3 Å². The lowest BCUT2D eigenvalue weighted by molar-refractivity contribution is -0.123. The maximum absolute atomic E-state index is 11.7. The maximum Gasteiger partial charge on any atom is 0.257 e. The largest absolute Gasteiger partial charge is 0.493 e. The van der Waals surface area contributed by atoms with Crippen LogP contribution in [-0.2, 0) is 16.0 Å². The van der Waals surface area contributed by atoms with Gasteiger partial charge >= 0.3 is 0 Å². The van der Waals surface area contributed by atoms with Gasteiger partial charge in [-0.1, -0.05) is 12.1 Å². The molecule has 0 aromatic heterocycles. The SMILES string of the molecule is COCCCNC(=O)COc1c(CCN)cccc1OC. The summed E-state index contributed by atoms with van der Waals surface area (Å²) < 4.78 is 15.8. The number of benzene rings is 1. The minimum Gasteiger partial charge on any atom is -0.493 e. The second kappa shape index (κ2) is 10.0. The Labute approximate surface area is 125 Å². The van der Waals surface area contributed by atoms with Crippen molar-refractivity contribution in [2.45, 2.75) is 12.8 Å². The van der Waals surface area contributed by atoms with E-state index in [2.05, 4.69) is 5.32 Å². The molecule has 0 spiro atoms. The summed E-state index contributed by atoms with van der Waals surface area (Å²) in [4.78, 5) is 11.7. The minimum absolute atomic E-state index is 0.0507. The molecule has 0 radical (unpaired) electrons. The average Bonchev–Trinajstić information content (AvgIpc) is 2.50. The summed E-state index contributed by atoms with van der Waals surface area (Å²) in [6.45, 7) is 1.64. The number of rotatable bonds is 10. The van der Waals surface area contributed by atoms with E-state index in [9.17, 15) is 4.79 Å². The van der Waals surface area contributed by atoms with E-state index in [0.29, 0.717) is 37.6 Å². The number of hydrogen-bond donors (Lipinski definition) is 2. The maximum atomic E-state index is 11.7. The summed E-state index contributed by atoms with van der Waals surface area (Å²) >= 11 is 0. The van der Waals surface area contributed by atoms with E-state index in [-0.39, 0.29) is 12.5 Å². The third-order valence-electron chi connectivity index (χ3n) is 2.89. The van der Waals surface area contributed by atoms with Crippen molar-refractivity contribution in [1.82, 2.24) is 5.32 Å². The molecule has 21 heavy (non-hydrogen) atoms. The molecule has 6 heteroatoms. The van der Waals surface area contributed by atoms with Crippen molar-refractivity contribution in [3.8, 4) is 11.5 Å². The Morgan fingerprint density at radius 1 is 1.33 bits per heavy atom. The highest BCUT2D eigenvalue weighted by atomic mass is 16.5. The standard InChI is InChI=1S/C15H24N2O4/c1-19-10-4-9-17-14(18)11-21-15-12(7-8-16)5-3-6-13(15)20-2/h3,5-6H,4,7-11,16H2,1-2H3,(H,17,18). The first-order valence-electron chi connectivity index (χ1n) is 6.97. The van der Waals surface area contributed by atoms with Crippen LogP contribution in [0, 0.1) is 0 Å². The van der Waals surface area contributed by atoms with Gasteiger partial charge in [0.1, 0.15) is 0 Å². The van der Waals surface area contributed by atoms with Gasteiger partial charge in [0.15, 0.2) is 18.1 Å². The Morgan fingerprint density at radius 2 is 2.14 bits per heavy atom. The van der Waals surface area contributed by atoms with Crippen LogP contribution in [0.5, 0.6) is 11.5 Å². The molecule has 3 N–H and O–H groups in total. The van der Waals surface area contributed by atoms with Gasteiger partial charge in [-0.2, -0.15) is 0 Å². The number of hydrogen-bond acceptors (Lipinski definition) is 5. The smallest absolute Gasteiger partial charge is 0.257 e. The number of methoxy groups -OCH3 is 2. The predicted octanol–water partition coefficient (Wildman–Crippen LogP) is 0.728. The van der Waals surface area contributed by atoms with Crippen LogP contribution < -0.4 is 20.5 Å². The van der Waals surface area contributed by atoms with Crippen molar-refractivity contribution in [2.75, 3.05) is 40.5 Å². The third kappa shape index (κ3) is 6.01. The molecule has 118 valence electrons. The van der Waals surface area contributed by atoms with Crippen LogP contribution in [0.4, 0.5) is 0 Å². The van der Waals surface area contributed by atoms with Crippen LogP contribution in [-0.4, -0.2) is 46.4 Å². The van der Waals surface area contributed by atoms with Gasteiger partial charge in [0.25, 0.3) is 5.91 Å². The predicted molar refractivity (Wildman–Crippen MR) is 80.8 cm³/mol. The zero-order valence-corrected chi connectivity index (χ0v) is 12.7. The summed E-state index contributed by atoms with van der Waals surface area (Å²) in [5, 5.41) is 2.77. The van der Waals surface area contributed by atoms with Gasteiger partial charge in [-0.25, -0.2) is 0 Å².